The van der Waals surface area contributed by atoms with Crippen LogP contribution in [0.4, 0.5) is 0 Å². The third-order valence-corrected chi connectivity index (χ3v) is 4.83. The molecule has 0 unspecified atom stereocenters. The van der Waals surface area contributed by atoms with Crippen molar-refractivity contribution in [2.24, 2.45) is 0 Å². The molecule has 0 aliphatic heterocycles. The van der Waals surface area contributed by atoms with Crippen molar-refractivity contribution in [1.29, 1.82) is 5.26 Å². The van der Waals surface area contributed by atoms with E-state index >= 15 is 0 Å². The van der Waals surface area contributed by atoms with Crippen molar-refractivity contribution < 1.29 is 8.42 Å². The lowest BCUT2D eigenvalue weighted by atomic mass is 10.1. The summed E-state index contributed by atoms with van der Waals surface area (Å²) < 4.78 is 26.1. The molecule has 0 aliphatic rings. The number of aromatic amines is 1. The normalized spacial score (nSPS) is 11.4. The fraction of sp³-hybridized carbons (Fsp3) is 0.231. The van der Waals surface area contributed by atoms with Crippen LogP contribution in [0, 0.1) is 11.3 Å². The summed E-state index contributed by atoms with van der Waals surface area (Å²) in [6.45, 7) is 2.23. The number of rotatable bonds is 5. The van der Waals surface area contributed by atoms with Crippen LogP contribution in [0.5, 0.6) is 0 Å². The van der Waals surface area contributed by atoms with Crippen LogP contribution in [0.1, 0.15) is 18.1 Å². The molecule has 0 amide bonds. The molecule has 0 bridgehead atoms. The minimum Gasteiger partial charge on any atom is -0.284 e. The van der Waals surface area contributed by atoms with E-state index in [-0.39, 0.29) is 11.4 Å². The highest BCUT2D eigenvalue weighted by Crippen LogP contribution is 2.18. The molecule has 1 N–H and O–H groups in total. The van der Waals surface area contributed by atoms with Gasteiger partial charge in [-0.2, -0.15) is 14.7 Å². The lowest BCUT2D eigenvalue weighted by molar-refractivity contribution is 0.423. The van der Waals surface area contributed by atoms with Gasteiger partial charge in [-0.15, -0.1) is 0 Å². The summed E-state index contributed by atoms with van der Waals surface area (Å²) in [4.78, 5) is 0.119. The first-order chi connectivity index (χ1) is 9.59. The Balaban J connectivity index is 2.33. The quantitative estimate of drug-likeness (QED) is 0.903. The summed E-state index contributed by atoms with van der Waals surface area (Å²) in [5, 5.41) is 15.2. The van der Waals surface area contributed by atoms with Crippen molar-refractivity contribution in [3.63, 3.8) is 0 Å². The van der Waals surface area contributed by atoms with Crippen LogP contribution in [0.2, 0.25) is 0 Å². The molecule has 0 spiro atoms. The summed E-state index contributed by atoms with van der Waals surface area (Å²) >= 11 is 0. The molecular weight excluding hydrogens is 276 g/mol. The second-order valence-electron chi connectivity index (χ2n) is 4.13. The highest BCUT2D eigenvalue weighted by atomic mass is 32.2. The molecule has 0 saturated heterocycles. The van der Waals surface area contributed by atoms with Crippen LogP contribution in [0.3, 0.4) is 0 Å². The van der Waals surface area contributed by atoms with Gasteiger partial charge in [0.05, 0.1) is 17.8 Å². The van der Waals surface area contributed by atoms with Crippen LogP contribution in [-0.2, 0) is 16.6 Å². The zero-order valence-electron chi connectivity index (χ0n) is 10.9. The molecule has 7 heteroatoms. The van der Waals surface area contributed by atoms with Gasteiger partial charge in [-0.1, -0.05) is 25.1 Å². The van der Waals surface area contributed by atoms with Crippen molar-refractivity contribution in [3.8, 4) is 6.07 Å². The molecule has 2 rings (SSSR count). The van der Waals surface area contributed by atoms with Gasteiger partial charge in [0.25, 0.3) is 0 Å². The molecule has 1 aromatic carbocycles. The molecule has 1 aromatic heterocycles. The van der Waals surface area contributed by atoms with Crippen LogP contribution in [0.25, 0.3) is 0 Å². The van der Waals surface area contributed by atoms with E-state index in [1.165, 1.54) is 16.7 Å². The van der Waals surface area contributed by atoms with E-state index in [2.05, 4.69) is 16.3 Å². The Morgan fingerprint density at radius 2 is 2.15 bits per heavy atom. The Morgan fingerprint density at radius 3 is 2.75 bits per heavy atom. The average Bonchev–Trinajstić information content (AvgIpc) is 2.99. The predicted octanol–water partition coefficient (Wildman–Crippen LogP) is 1.49. The maximum Gasteiger partial charge on any atom is 0.246 e. The fourth-order valence-electron chi connectivity index (χ4n) is 1.85. The van der Waals surface area contributed by atoms with Crippen molar-refractivity contribution in [3.05, 3.63) is 47.8 Å². The third kappa shape index (κ3) is 2.71. The number of aromatic nitrogens is 2. The number of benzene rings is 1. The molecule has 104 valence electrons. The van der Waals surface area contributed by atoms with Gasteiger partial charge >= 0.3 is 0 Å². The molecule has 0 radical (unpaired) electrons. The molecule has 20 heavy (non-hydrogen) atoms. The molecule has 2 aromatic rings. The first-order valence-corrected chi connectivity index (χ1v) is 7.50. The van der Waals surface area contributed by atoms with E-state index in [0.29, 0.717) is 17.7 Å². The average molecular weight is 290 g/mol. The standard InChI is InChI=1S/C13H14N4O2S/c1-2-17(20(18,19)13-8-15-16-9-13)10-12-6-4-3-5-11(12)7-14/h3-6,8-9H,2,10H2,1H3,(H,15,16). The van der Waals surface area contributed by atoms with Gasteiger partial charge in [0.2, 0.25) is 10.0 Å². The van der Waals surface area contributed by atoms with Gasteiger partial charge in [0.1, 0.15) is 4.90 Å². The third-order valence-electron chi connectivity index (χ3n) is 2.95. The summed E-state index contributed by atoms with van der Waals surface area (Å²) in [6, 6.07) is 9.04. The van der Waals surface area contributed by atoms with E-state index in [0.717, 1.165) is 0 Å². The van der Waals surface area contributed by atoms with Crippen LogP contribution in [-0.4, -0.2) is 29.5 Å². The Kier molecular flexibility index (Phi) is 4.17. The lowest BCUT2D eigenvalue weighted by Gasteiger charge is -2.20. The first kappa shape index (κ1) is 14.2. The topological polar surface area (TPSA) is 89.8 Å². The minimum absolute atomic E-state index is 0.119. The Bertz CT molecular complexity index is 717. The van der Waals surface area contributed by atoms with Gasteiger partial charge in [-0.3, -0.25) is 5.10 Å². The molecular formula is C13H14N4O2S. The SMILES string of the molecule is CCN(Cc1ccccc1C#N)S(=O)(=O)c1cn[nH]c1. The number of hydrogen-bond donors (Lipinski definition) is 1. The zero-order valence-corrected chi connectivity index (χ0v) is 11.8. The number of nitriles is 1. The van der Waals surface area contributed by atoms with Crippen molar-refractivity contribution >= 4 is 10.0 Å². The highest BCUT2D eigenvalue weighted by Gasteiger charge is 2.24. The largest absolute Gasteiger partial charge is 0.284 e. The van der Waals surface area contributed by atoms with E-state index in [1.54, 1.807) is 31.2 Å². The van der Waals surface area contributed by atoms with Crippen molar-refractivity contribution in [1.82, 2.24) is 14.5 Å². The Hall–Kier alpha value is -2.17. The molecule has 0 aliphatic carbocycles. The lowest BCUT2D eigenvalue weighted by Crippen LogP contribution is -2.30. The maximum absolute atomic E-state index is 12.4. The maximum atomic E-state index is 12.4. The number of hydrogen-bond acceptors (Lipinski definition) is 4. The van der Waals surface area contributed by atoms with E-state index in [9.17, 15) is 8.42 Å². The van der Waals surface area contributed by atoms with Crippen LogP contribution in [0.15, 0.2) is 41.6 Å². The summed E-state index contributed by atoms with van der Waals surface area (Å²) in [7, 11) is -3.60. The van der Waals surface area contributed by atoms with Crippen LogP contribution >= 0.6 is 0 Å². The number of nitrogens with one attached hydrogen (secondary N) is 1. The zero-order chi connectivity index (χ0) is 14.6. The Labute approximate surface area is 117 Å². The van der Waals surface area contributed by atoms with E-state index in [1.807, 2.05) is 0 Å². The smallest absolute Gasteiger partial charge is 0.246 e. The predicted molar refractivity (Wildman–Crippen MR) is 73.0 cm³/mol. The van der Waals surface area contributed by atoms with Crippen molar-refractivity contribution in [2.75, 3.05) is 6.54 Å². The van der Waals surface area contributed by atoms with E-state index in [4.69, 9.17) is 5.26 Å². The molecule has 0 atom stereocenters. The molecule has 0 fully saturated rings. The van der Waals surface area contributed by atoms with Gasteiger partial charge in [-0.05, 0) is 11.6 Å². The summed E-state index contributed by atoms with van der Waals surface area (Å²) in [5.41, 5.74) is 1.16. The minimum atomic E-state index is -3.60. The highest BCUT2D eigenvalue weighted by molar-refractivity contribution is 7.89. The summed E-state index contributed by atoms with van der Waals surface area (Å²) in [6.07, 6.45) is 2.61. The second kappa shape index (κ2) is 5.86. The van der Waals surface area contributed by atoms with Gasteiger partial charge < -0.3 is 0 Å². The monoisotopic (exact) mass is 290 g/mol. The first-order valence-electron chi connectivity index (χ1n) is 6.06. The Morgan fingerprint density at radius 1 is 1.40 bits per heavy atom. The number of H-pyrrole nitrogens is 1. The van der Waals surface area contributed by atoms with Crippen molar-refractivity contribution in [2.45, 2.75) is 18.4 Å². The van der Waals surface area contributed by atoms with Crippen LogP contribution < -0.4 is 0 Å². The molecule has 0 saturated carbocycles. The number of sulfonamides is 1. The molecule has 6 nitrogen and oxygen atoms in total. The molecule has 1 heterocycles. The fourth-order valence-corrected chi connectivity index (χ4v) is 3.19. The van der Waals surface area contributed by atoms with E-state index < -0.39 is 10.0 Å². The van der Waals surface area contributed by atoms with Gasteiger partial charge in [0.15, 0.2) is 0 Å². The van der Waals surface area contributed by atoms with Gasteiger partial charge in [-0.25, -0.2) is 8.42 Å². The van der Waals surface area contributed by atoms with Gasteiger partial charge in [0, 0.05) is 19.3 Å². The summed E-state index contributed by atoms with van der Waals surface area (Å²) in [5.74, 6) is 0. The second-order valence-corrected chi connectivity index (χ2v) is 6.07. The number of nitrogens with zero attached hydrogens (tertiary/aromatic N) is 3.